The first kappa shape index (κ1) is 21.4. The van der Waals surface area contributed by atoms with Gasteiger partial charge in [-0.25, -0.2) is 4.39 Å². The highest BCUT2D eigenvalue weighted by atomic mass is 35.5. The number of pyridine rings is 1. The molecule has 30 heavy (non-hydrogen) atoms. The molecule has 0 saturated heterocycles. The molecule has 1 N–H and O–H groups in total. The third kappa shape index (κ3) is 4.98. The normalized spacial score (nSPS) is 11.2. The van der Waals surface area contributed by atoms with E-state index < -0.39 is 40.3 Å². The second-order valence-electron chi connectivity index (χ2n) is 6.09. The maximum absolute atomic E-state index is 13.2. The van der Waals surface area contributed by atoms with Gasteiger partial charge in [0.2, 0.25) is 0 Å². The number of nitrogens with zero attached hydrogens (tertiary/aromatic N) is 1. The first-order chi connectivity index (χ1) is 14.1. The van der Waals surface area contributed by atoms with Crippen molar-refractivity contribution in [2.24, 2.45) is 0 Å². The van der Waals surface area contributed by atoms with Gasteiger partial charge in [0.25, 0.3) is 11.5 Å². The number of hydrogen-bond acceptors (Lipinski definition) is 3. The summed E-state index contributed by atoms with van der Waals surface area (Å²) in [5, 5.41) is 1.92. The molecule has 5 nitrogen and oxygen atoms in total. The smallest absolute Gasteiger partial charge is 0.406 e. The van der Waals surface area contributed by atoms with E-state index in [1.165, 1.54) is 42.6 Å². The molecule has 1 heterocycles. The lowest BCUT2D eigenvalue weighted by molar-refractivity contribution is -0.136. The van der Waals surface area contributed by atoms with Gasteiger partial charge in [-0.1, -0.05) is 23.7 Å². The summed E-state index contributed by atoms with van der Waals surface area (Å²) in [5.41, 5.74) is -2.43. The molecule has 156 valence electrons. The van der Waals surface area contributed by atoms with E-state index in [-0.39, 0.29) is 11.6 Å². The summed E-state index contributed by atoms with van der Waals surface area (Å²) >= 11 is 5.61. The Labute approximate surface area is 172 Å². The lowest BCUT2D eigenvalue weighted by atomic mass is 10.1. The number of nitrogens with one attached hydrogen (secondary N) is 1. The molecular formula is C20H13ClF4N2O3. The Morgan fingerprint density at radius 1 is 1.10 bits per heavy atom. The number of aromatic nitrogens is 1. The van der Waals surface area contributed by atoms with Gasteiger partial charge in [-0.15, -0.1) is 0 Å². The van der Waals surface area contributed by atoms with E-state index in [2.05, 4.69) is 5.32 Å². The van der Waals surface area contributed by atoms with Gasteiger partial charge in [0.1, 0.15) is 18.0 Å². The summed E-state index contributed by atoms with van der Waals surface area (Å²) in [5.74, 6) is -1.48. The van der Waals surface area contributed by atoms with Crippen molar-refractivity contribution in [1.29, 1.82) is 0 Å². The number of amides is 1. The first-order valence-electron chi connectivity index (χ1n) is 8.42. The predicted octanol–water partition coefficient (Wildman–Crippen LogP) is 4.54. The zero-order valence-electron chi connectivity index (χ0n) is 15.0. The van der Waals surface area contributed by atoms with Crippen LogP contribution in [0.2, 0.25) is 5.02 Å². The van der Waals surface area contributed by atoms with Crippen LogP contribution in [-0.2, 0) is 12.8 Å². The molecule has 3 aromatic rings. The summed E-state index contributed by atoms with van der Waals surface area (Å²) < 4.78 is 53.3. The van der Waals surface area contributed by atoms with Gasteiger partial charge in [0.05, 0.1) is 11.3 Å². The Morgan fingerprint density at radius 2 is 1.80 bits per heavy atom. The molecule has 1 aromatic heterocycles. The van der Waals surface area contributed by atoms with E-state index in [0.717, 1.165) is 16.9 Å². The maximum atomic E-state index is 13.2. The van der Waals surface area contributed by atoms with E-state index in [0.29, 0.717) is 11.6 Å². The summed E-state index contributed by atoms with van der Waals surface area (Å²) in [6.45, 7) is -0.0966. The van der Waals surface area contributed by atoms with Crippen molar-refractivity contribution in [3.05, 3.63) is 98.7 Å². The van der Waals surface area contributed by atoms with Gasteiger partial charge in [-0.3, -0.25) is 9.59 Å². The highest BCUT2D eigenvalue weighted by molar-refractivity contribution is 6.30. The number of carbonyl (C=O) groups is 1. The number of anilines is 1. The van der Waals surface area contributed by atoms with Crippen molar-refractivity contribution < 1.29 is 27.2 Å². The molecule has 2 aromatic carbocycles. The van der Waals surface area contributed by atoms with Gasteiger partial charge in [-0.2, -0.15) is 17.9 Å². The topological polar surface area (TPSA) is 60.3 Å². The summed E-state index contributed by atoms with van der Waals surface area (Å²) in [6, 6.07) is 10.7. The van der Waals surface area contributed by atoms with Crippen molar-refractivity contribution in [2.75, 3.05) is 5.32 Å². The standard InChI is InChI=1S/C20H13ClF4N2O3/c21-13-5-8-17(16(10-13)20(23,24)25)26-18(28)15-2-1-9-27(19(15)29)30-11-12-3-6-14(22)7-4-12/h1-10H,11H2,(H,26,28). The summed E-state index contributed by atoms with van der Waals surface area (Å²) in [7, 11) is 0. The average Bonchev–Trinajstić information content (AvgIpc) is 2.69. The molecule has 0 aliphatic rings. The Balaban J connectivity index is 1.82. The molecule has 0 spiro atoms. The lowest BCUT2D eigenvalue weighted by Gasteiger charge is -2.14. The molecule has 1 amide bonds. The third-order valence-electron chi connectivity index (χ3n) is 3.98. The van der Waals surface area contributed by atoms with Crippen LogP contribution < -0.4 is 15.7 Å². The van der Waals surface area contributed by atoms with E-state index >= 15 is 0 Å². The SMILES string of the molecule is O=C(Nc1ccc(Cl)cc1C(F)(F)F)c1cccn(OCc2ccc(F)cc2)c1=O. The van der Waals surface area contributed by atoms with Crippen LogP contribution in [-0.4, -0.2) is 10.6 Å². The van der Waals surface area contributed by atoms with E-state index in [4.69, 9.17) is 16.4 Å². The molecule has 0 radical (unpaired) electrons. The maximum Gasteiger partial charge on any atom is 0.418 e. The number of halogens is 5. The van der Waals surface area contributed by atoms with Crippen LogP contribution in [0.4, 0.5) is 23.2 Å². The monoisotopic (exact) mass is 440 g/mol. The van der Waals surface area contributed by atoms with Crippen molar-refractivity contribution >= 4 is 23.2 Å². The quantitative estimate of drug-likeness (QED) is 0.592. The number of carbonyl (C=O) groups excluding carboxylic acids is 1. The average molecular weight is 441 g/mol. The highest BCUT2D eigenvalue weighted by Gasteiger charge is 2.34. The molecule has 0 aliphatic carbocycles. The van der Waals surface area contributed by atoms with Gasteiger partial charge >= 0.3 is 6.18 Å². The van der Waals surface area contributed by atoms with Crippen LogP contribution in [0, 0.1) is 5.82 Å². The van der Waals surface area contributed by atoms with Gasteiger partial charge in [-0.05, 0) is 48.0 Å². The zero-order valence-corrected chi connectivity index (χ0v) is 15.8. The fourth-order valence-electron chi connectivity index (χ4n) is 2.52. The van der Waals surface area contributed by atoms with Gasteiger partial charge in [0.15, 0.2) is 0 Å². The van der Waals surface area contributed by atoms with E-state index in [9.17, 15) is 27.2 Å². The first-order valence-corrected chi connectivity index (χ1v) is 8.80. The predicted molar refractivity (Wildman–Crippen MR) is 102 cm³/mol. The summed E-state index contributed by atoms with van der Waals surface area (Å²) in [6.07, 6.45) is -3.52. The molecule has 3 rings (SSSR count). The minimum atomic E-state index is -4.76. The van der Waals surface area contributed by atoms with Crippen molar-refractivity contribution in [1.82, 2.24) is 4.73 Å². The molecule has 0 saturated carbocycles. The second-order valence-corrected chi connectivity index (χ2v) is 6.53. The van der Waals surface area contributed by atoms with Crippen LogP contribution in [0.1, 0.15) is 21.5 Å². The Hall–Kier alpha value is -3.33. The highest BCUT2D eigenvalue weighted by Crippen LogP contribution is 2.36. The van der Waals surface area contributed by atoms with Crippen molar-refractivity contribution in [2.45, 2.75) is 12.8 Å². The van der Waals surface area contributed by atoms with Gasteiger partial charge in [0, 0.05) is 11.2 Å². The largest absolute Gasteiger partial charge is 0.418 e. The number of benzene rings is 2. The molecule has 0 aliphatic heterocycles. The molecule has 0 bridgehead atoms. The van der Waals surface area contributed by atoms with Gasteiger partial charge < -0.3 is 10.2 Å². The van der Waals surface area contributed by atoms with Crippen molar-refractivity contribution in [3.8, 4) is 0 Å². The van der Waals surface area contributed by atoms with Crippen LogP contribution in [0.3, 0.4) is 0 Å². The Kier molecular flexibility index (Phi) is 6.12. The van der Waals surface area contributed by atoms with E-state index in [1.54, 1.807) is 0 Å². The lowest BCUT2D eigenvalue weighted by Crippen LogP contribution is -2.32. The molecule has 0 atom stereocenters. The Morgan fingerprint density at radius 3 is 2.47 bits per heavy atom. The fourth-order valence-corrected chi connectivity index (χ4v) is 2.70. The number of rotatable bonds is 5. The molecular weight excluding hydrogens is 428 g/mol. The van der Waals surface area contributed by atoms with Crippen LogP contribution in [0.15, 0.2) is 65.6 Å². The minimum absolute atomic E-state index is 0.0966. The van der Waals surface area contributed by atoms with Crippen LogP contribution in [0.5, 0.6) is 0 Å². The van der Waals surface area contributed by atoms with Crippen LogP contribution in [0.25, 0.3) is 0 Å². The van der Waals surface area contributed by atoms with Crippen molar-refractivity contribution in [3.63, 3.8) is 0 Å². The fraction of sp³-hybridized carbons (Fsp3) is 0.100. The second kappa shape index (κ2) is 8.58. The zero-order chi connectivity index (χ0) is 21.9. The molecule has 0 unspecified atom stereocenters. The summed E-state index contributed by atoms with van der Waals surface area (Å²) in [4.78, 5) is 30.2. The van der Waals surface area contributed by atoms with Crippen LogP contribution >= 0.6 is 11.6 Å². The number of alkyl halides is 3. The molecule has 0 fully saturated rings. The third-order valence-corrected chi connectivity index (χ3v) is 4.21. The molecule has 10 heteroatoms. The number of hydrogen-bond donors (Lipinski definition) is 1. The van der Waals surface area contributed by atoms with E-state index in [1.807, 2.05) is 0 Å². The Bertz CT molecular complexity index is 1130. The minimum Gasteiger partial charge on any atom is -0.406 e.